The number of nitrogens with zero attached hydrogens (tertiary/aromatic N) is 2. The molecule has 4 rings (SSSR count). The first-order valence-corrected chi connectivity index (χ1v) is 12.1. The number of imidazole rings is 1. The van der Waals surface area contributed by atoms with E-state index in [0.29, 0.717) is 30.0 Å². The number of rotatable bonds is 7. The van der Waals surface area contributed by atoms with Gasteiger partial charge in [-0.2, -0.15) is 0 Å². The highest BCUT2D eigenvalue weighted by Crippen LogP contribution is 2.35. The van der Waals surface area contributed by atoms with E-state index in [2.05, 4.69) is 25.0 Å². The molecule has 10 heteroatoms. The van der Waals surface area contributed by atoms with Gasteiger partial charge in [0, 0.05) is 29.9 Å². The first-order chi connectivity index (χ1) is 14.4. The van der Waals surface area contributed by atoms with E-state index in [4.69, 9.17) is 0 Å². The summed E-state index contributed by atoms with van der Waals surface area (Å²) in [6.45, 7) is 1.43. The molecule has 1 aliphatic rings. The number of thioether (sulfide) groups is 1. The Balaban J connectivity index is 1.73. The van der Waals surface area contributed by atoms with Crippen molar-refractivity contribution in [3.8, 4) is 22.5 Å². The summed E-state index contributed by atoms with van der Waals surface area (Å²) in [5.74, 6) is 0.238. The Morgan fingerprint density at radius 1 is 1.20 bits per heavy atom. The summed E-state index contributed by atoms with van der Waals surface area (Å²) in [5, 5.41) is 3.11. The normalized spacial score (nSPS) is 13.8. The molecule has 2 heterocycles. The highest BCUT2D eigenvalue weighted by Gasteiger charge is 2.35. The van der Waals surface area contributed by atoms with Gasteiger partial charge >= 0.3 is 0 Å². The Hall–Kier alpha value is -2.85. The zero-order valence-electron chi connectivity index (χ0n) is 16.5. The number of aromatic amines is 1. The molecule has 156 valence electrons. The van der Waals surface area contributed by atoms with Crippen LogP contribution in [-0.2, 0) is 14.8 Å². The molecule has 0 spiro atoms. The van der Waals surface area contributed by atoms with E-state index in [1.54, 1.807) is 30.5 Å². The van der Waals surface area contributed by atoms with Crippen molar-refractivity contribution >= 4 is 39.2 Å². The molecular weight excluding hydrogens is 422 g/mol. The third-order valence-corrected chi connectivity index (χ3v) is 7.04. The number of H-pyrrole nitrogens is 1. The first kappa shape index (κ1) is 20.4. The SMILES string of the molecule is CSc1nc(-c2cccc(NS(=O)(=O)C3CC3)c2)c(-c2ccnc(NC(C)=O)c2)[nH]1. The van der Waals surface area contributed by atoms with Gasteiger partial charge in [-0.15, -0.1) is 0 Å². The molecule has 0 bridgehead atoms. The fraction of sp³-hybridized carbons (Fsp3) is 0.250. The van der Waals surface area contributed by atoms with Gasteiger partial charge in [-0.1, -0.05) is 23.9 Å². The first-order valence-electron chi connectivity index (χ1n) is 9.36. The number of hydrogen-bond donors (Lipinski definition) is 3. The van der Waals surface area contributed by atoms with Gasteiger partial charge in [-0.25, -0.2) is 18.4 Å². The quantitative estimate of drug-likeness (QED) is 0.479. The van der Waals surface area contributed by atoms with E-state index in [-0.39, 0.29) is 11.2 Å². The number of aromatic nitrogens is 3. The lowest BCUT2D eigenvalue weighted by atomic mass is 10.1. The summed E-state index contributed by atoms with van der Waals surface area (Å²) >= 11 is 1.47. The predicted octanol–water partition coefficient (Wildman–Crippen LogP) is 3.72. The number of nitrogens with one attached hydrogen (secondary N) is 3. The minimum atomic E-state index is -3.35. The van der Waals surface area contributed by atoms with E-state index >= 15 is 0 Å². The summed E-state index contributed by atoms with van der Waals surface area (Å²) in [6, 6.07) is 10.8. The van der Waals surface area contributed by atoms with E-state index in [1.807, 2.05) is 18.4 Å². The summed E-state index contributed by atoms with van der Waals surface area (Å²) in [5.41, 5.74) is 3.53. The molecule has 0 radical (unpaired) electrons. The van der Waals surface area contributed by atoms with Crippen LogP contribution in [0.1, 0.15) is 19.8 Å². The zero-order chi connectivity index (χ0) is 21.3. The lowest BCUT2D eigenvalue weighted by Crippen LogP contribution is -2.17. The van der Waals surface area contributed by atoms with Crippen molar-refractivity contribution in [2.75, 3.05) is 16.3 Å². The zero-order valence-corrected chi connectivity index (χ0v) is 18.1. The summed E-state index contributed by atoms with van der Waals surface area (Å²) in [7, 11) is -3.35. The van der Waals surface area contributed by atoms with Crippen molar-refractivity contribution in [3.05, 3.63) is 42.6 Å². The highest BCUT2D eigenvalue weighted by molar-refractivity contribution is 7.98. The average Bonchev–Trinajstić information content (AvgIpc) is 3.48. The van der Waals surface area contributed by atoms with Crippen LogP contribution in [0.3, 0.4) is 0 Å². The standard InChI is InChI=1S/C20H21N5O3S2/c1-12(26)22-17-11-14(8-9-21-17)19-18(23-20(24-19)29-2)13-4-3-5-15(10-13)25-30(27,28)16-6-7-16/h3-5,8-11,16,25H,6-7H2,1-2H3,(H,23,24)(H,21,22,26). The molecule has 0 aliphatic heterocycles. The van der Waals surface area contributed by atoms with Crippen LogP contribution in [0.2, 0.25) is 0 Å². The Kier molecular flexibility index (Phi) is 5.52. The maximum Gasteiger partial charge on any atom is 0.235 e. The molecule has 1 fully saturated rings. The molecule has 8 nitrogen and oxygen atoms in total. The van der Waals surface area contributed by atoms with E-state index in [9.17, 15) is 13.2 Å². The van der Waals surface area contributed by atoms with Crippen molar-refractivity contribution in [2.24, 2.45) is 0 Å². The van der Waals surface area contributed by atoms with E-state index < -0.39 is 10.0 Å². The summed E-state index contributed by atoms with van der Waals surface area (Å²) < 4.78 is 27.3. The predicted molar refractivity (Wildman–Crippen MR) is 119 cm³/mol. The molecule has 30 heavy (non-hydrogen) atoms. The van der Waals surface area contributed by atoms with Gasteiger partial charge in [0.05, 0.1) is 16.6 Å². The smallest absolute Gasteiger partial charge is 0.235 e. The number of carbonyl (C=O) groups is 1. The van der Waals surface area contributed by atoms with Gasteiger partial charge < -0.3 is 10.3 Å². The maximum atomic E-state index is 12.3. The minimum Gasteiger partial charge on any atom is -0.332 e. The molecule has 3 N–H and O–H groups in total. The fourth-order valence-corrected chi connectivity index (χ4v) is 4.82. The van der Waals surface area contributed by atoms with Crippen LogP contribution >= 0.6 is 11.8 Å². The summed E-state index contributed by atoms with van der Waals surface area (Å²) in [4.78, 5) is 23.5. The van der Waals surface area contributed by atoms with Gasteiger partial charge in [0.25, 0.3) is 0 Å². The second kappa shape index (κ2) is 8.11. The van der Waals surface area contributed by atoms with Crippen LogP contribution in [0.4, 0.5) is 11.5 Å². The van der Waals surface area contributed by atoms with E-state index in [0.717, 1.165) is 22.0 Å². The van der Waals surface area contributed by atoms with Crippen LogP contribution in [0.15, 0.2) is 47.8 Å². The van der Waals surface area contributed by atoms with Crippen LogP contribution in [-0.4, -0.2) is 40.8 Å². The van der Waals surface area contributed by atoms with Gasteiger partial charge in [-0.3, -0.25) is 9.52 Å². The lowest BCUT2D eigenvalue weighted by Gasteiger charge is -2.09. The molecular formula is C20H21N5O3S2. The van der Waals surface area contributed by atoms with Crippen LogP contribution in [0.5, 0.6) is 0 Å². The number of anilines is 2. The Morgan fingerprint density at radius 3 is 2.70 bits per heavy atom. The third kappa shape index (κ3) is 4.49. The Morgan fingerprint density at radius 2 is 2.00 bits per heavy atom. The fourth-order valence-electron chi connectivity index (χ4n) is 3.06. The molecule has 0 unspecified atom stereocenters. The maximum absolute atomic E-state index is 12.3. The molecule has 1 aromatic carbocycles. The molecule has 1 aliphatic carbocycles. The second-order valence-corrected chi connectivity index (χ2v) is 9.76. The molecule has 1 amide bonds. The monoisotopic (exact) mass is 443 g/mol. The van der Waals surface area contributed by atoms with Crippen molar-refractivity contribution in [1.29, 1.82) is 0 Å². The largest absolute Gasteiger partial charge is 0.332 e. The van der Waals surface area contributed by atoms with Gasteiger partial charge in [-0.05, 0) is 43.4 Å². The topological polar surface area (TPSA) is 117 Å². The van der Waals surface area contributed by atoms with Crippen LogP contribution in [0, 0.1) is 0 Å². The number of carbonyl (C=O) groups excluding carboxylic acids is 1. The van der Waals surface area contributed by atoms with Crippen molar-refractivity contribution < 1.29 is 13.2 Å². The van der Waals surface area contributed by atoms with Crippen molar-refractivity contribution in [3.63, 3.8) is 0 Å². The third-order valence-electron chi connectivity index (χ3n) is 4.59. The number of hydrogen-bond acceptors (Lipinski definition) is 6. The lowest BCUT2D eigenvalue weighted by molar-refractivity contribution is -0.114. The Labute approximate surface area is 179 Å². The number of pyridine rings is 1. The van der Waals surface area contributed by atoms with Gasteiger partial charge in [0.2, 0.25) is 15.9 Å². The minimum absolute atomic E-state index is 0.204. The molecule has 2 aromatic heterocycles. The molecule has 0 atom stereocenters. The Bertz CT molecular complexity index is 1200. The van der Waals surface area contributed by atoms with Crippen molar-refractivity contribution in [1.82, 2.24) is 15.0 Å². The van der Waals surface area contributed by atoms with E-state index in [1.165, 1.54) is 18.7 Å². The second-order valence-electron chi connectivity index (χ2n) is 7.01. The molecule has 0 saturated heterocycles. The summed E-state index contributed by atoms with van der Waals surface area (Å²) in [6.07, 6.45) is 4.94. The molecule has 3 aromatic rings. The van der Waals surface area contributed by atoms with Crippen LogP contribution in [0.25, 0.3) is 22.5 Å². The highest BCUT2D eigenvalue weighted by atomic mass is 32.2. The van der Waals surface area contributed by atoms with Crippen molar-refractivity contribution in [2.45, 2.75) is 30.2 Å². The van der Waals surface area contributed by atoms with Crippen LogP contribution < -0.4 is 10.0 Å². The number of amides is 1. The van der Waals surface area contributed by atoms with Gasteiger partial charge in [0.15, 0.2) is 5.16 Å². The number of sulfonamides is 1. The average molecular weight is 444 g/mol. The molecule has 1 saturated carbocycles. The number of benzene rings is 1. The van der Waals surface area contributed by atoms with Gasteiger partial charge in [0.1, 0.15) is 5.82 Å².